The molecule has 1 N–H and O–H groups in total. The number of carbonyl (C=O) groups excluding carboxylic acids is 1. The van der Waals surface area contributed by atoms with Crippen molar-refractivity contribution in [1.29, 1.82) is 0 Å². The van der Waals surface area contributed by atoms with Gasteiger partial charge in [0.1, 0.15) is 6.04 Å². The third kappa shape index (κ3) is 5.21. The lowest BCUT2D eigenvalue weighted by molar-refractivity contribution is -0.121. The van der Waals surface area contributed by atoms with E-state index >= 15 is 0 Å². The highest BCUT2D eigenvalue weighted by Gasteiger charge is 2.24. The van der Waals surface area contributed by atoms with E-state index in [4.69, 9.17) is 4.42 Å². The maximum atomic E-state index is 12.8. The first-order valence-corrected chi connectivity index (χ1v) is 11.4. The highest BCUT2D eigenvalue weighted by Crippen LogP contribution is 2.23. The molecule has 1 saturated heterocycles. The number of rotatable bonds is 7. The minimum atomic E-state index is -0.371. The van der Waals surface area contributed by atoms with E-state index in [1.54, 1.807) is 0 Å². The van der Waals surface area contributed by atoms with Crippen molar-refractivity contribution < 1.29 is 9.21 Å². The maximum absolute atomic E-state index is 12.8. The molecule has 0 bridgehead atoms. The molecule has 1 atom stereocenters. The largest absolute Gasteiger partial charge is 0.406 e. The van der Waals surface area contributed by atoms with Gasteiger partial charge in [0.15, 0.2) is 0 Å². The molecule has 2 heterocycles. The second-order valence-corrected chi connectivity index (χ2v) is 8.66. The third-order valence-electron chi connectivity index (χ3n) is 5.24. The van der Waals surface area contributed by atoms with Crippen LogP contribution in [0.15, 0.2) is 59.0 Å². The van der Waals surface area contributed by atoms with Crippen LogP contribution in [0.3, 0.4) is 0 Å². The Bertz CT molecular complexity index is 970. The highest BCUT2D eigenvalue weighted by atomic mass is 32.2. The van der Waals surface area contributed by atoms with Gasteiger partial charge < -0.3 is 14.6 Å². The SMILES string of the molecule is Cc1ccccc1CC(=O)NC(Cc1ccccc1)c1nnc(N2CCSCC2)o1. The van der Waals surface area contributed by atoms with Gasteiger partial charge in [0, 0.05) is 31.0 Å². The number of aryl methyl sites for hydroxylation is 1. The Hall–Kier alpha value is -2.80. The number of benzene rings is 2. The predicted octanol–water partition coefficient (Wildman–Crippen LogP) is 3.57. The smallest absolute Gasteiger partial charge is 0.318 e. The first-order valence-electron chi connectivity index (χ1n) is 10.2. The molecule has 1 unspecified atom stereocenters. The van der Waals surface area contributed by atoms with E-state index in [9.17, 15) is 4.79 Å². The zero-order valence-electron chi connectivity index (χ0n) is 17.1. The van der Waals surface area contributed by atoms with Gasteiger partial charge in [-0.05, 0) is 23.6 Å². The van der Waals surface area contributed by atoms with Crippen molar-refractivity contribution in [3.05, 3.63) is 77.2 Å². The summed E-state index contributed by atoms with van der Waals surface area (Å²) in [7, 11) is 0. The van der Waals surface area contributed by atoms with Gasteiger partial charge in [0.25, 0.3) is 0 Å². The number of carbonyl (C=O) groups is 1. The van der Waals surface area contributed by atoms with Crippen molar-refractivity contribution in [3.8, 4) is 0 Å². The van der Waals surface area contributed by atoms with Crippen LogP contribution in [0.4, 0.5) is 6.01 Å². The number of nitrogens with zero attached hydrogens (tertiary/aromatic N) is 3. The average molecular weight is 423 g/mol. The van der Waals surface area contributed by atoms with Gasteiger partial charge in [0.2, 0.25) is 11.8 Å². The van der Waals surface area contributed by atoms with E-state index in [-0.39, 0.29) is 11.9 Å². The highest BCUT2D eigenvalue weighted by molar-refractivity contribution is 7.99. The topological polar surface area (TPSA) is 71.3 Å². The molecule has 1 aliphatic rings. The molecule has 1 amide bonds. The molecule has 0 saturated carbocycles. The molecule has 6 nitrogen and oxygen atoms in total. The molecule has 2 aromatic carbocycles. The second kappa shape index (κ2) is 9.80. The zero-order chi connectivity index (χ0) is 20.8. The molecular formula is C23H26N4O2S. The summed E-state index contributed by atoms with van der Waals surface area (Å²) < 4.78 is 6.01. The van der Waals surface area contributed by atoms with Gasteiger partial charge in [0.05, 0.1) is 6.42 Å². The van der Waals surface area contributed by atoms with Crippen molar-refractivity contribution in [2.45, 2.75) is 25.8 Å². The Kier molecular flexibility index (Phi) is 6.69. The Morgan fingerprint density at radius 3 is 2.60 bits per heavy atom. The monoisotopic (exact) mass is 422 g/mol. The lowest BCUT2D eigenvalue weighted by Crippen LogP contribution is -2.33. The van der Waals surface area contributed by atoms with Crippen LogP contribution in [-0.4, -0.2) is 40.7 Å². The van der Waals surface area contributed by atoms with E-state index in [1.165, 1.54) is 0 Å². The van der Waals surface area contributed by atoms with Crippen LogP contribution in [0, 0.1) is 6.92 Å². The summed E-state index contributed by atoms with van der Waals surface area (Å²) >= 11 is 1.93. The fourth-order valence-electron chi connectivity index (χ4n) is 3.53. The van der Waals surface area contributed by atoms with Crippen LogP contribution in [0.2, 0.25) is 0 Å². The lowest BCUT2D eigenvalue weighted by Gasteiger charge is -2.24. The average Bonchev–Trinajstić information content (AvgIpc) is 3.27. The molecule has 7 heteroatoms. The quantitative estimate of drug-likeness (QED) is 0.628. The Balaban J connectivity index is 1.51. The van der Waals surface area contributed by atoms with Gasteiger partial charge in [-0.25, -0.2) is 0 Å². The molecule has 0 radical (unpaired) electrons. The van der Waals surface area contributed by atoms with Crippen LogP contribution in [-0.2, 0) is 17.6 Å². The van der Waals surface area contributed by atoms with Crippen molar-refractivity contribution in [3.63, 3.8) is 0 Å². The van der Waals surface area contributed by atoms with Crippen LogP contribution < -0.4 is 10.2 Å². The number of hydrogen-bond donors (Lipinski definition) is 1. The summed E-state index contributed by atoms with van der Waals surface area (Å²) in [5, 5.41) is 11.7. The van der Waals surface area contributed by atoms with Gasteiger partial charge >= 0.3 is 6.01 Å². The van der Waals surface area contributed by atoms with Crippen molar-refractivity contribution in [2.24, 2.45) is 0 Å². The van der Waals surface area contributed by atoms with Crippen LogP contribution in [0.25, 0.3) is 0 Å². The minimum Gasteiger partial charge on any atom is -0.406 e. The predicted molar refractivity (Wildman–Crippen MR) is 120 cm³/mol. The molecule has 30 heavy (non-hydrogen) atoms. The number of amides is 1. The van der Waals surface area contributed by atoms with Crippen LogP contribution >= 0.6 is 11.8 Å². The van der Waals surface area contributed by atoms with Crippen molar-refractivity contribution in [2.75, 3.05) is 29.5 Å². The molecule has 0 spiro atoms. The van der Waals surface area contributed by atoms with E-state index in [0.29, 0.717) is 24.7 Å². The van der Waals surface area contributed by atoms with E-state index in [1.807, 2.05) is 73.3 Å². The number of aromatic nitrogens is 2. The number of anilines is 1. The molecule has 156 valence electrons. The summed E-state index contributed by atoms with van der Waals surface area (Å²) in [6.45, 7) is 3.82. The third-order valence-corrected chi connectivity index (χ3v) is 6.18. The van der Waals surface area contributed by atoms with E-state index in [0.717, 1.165) is 41.3 Å². The molecular weight excluding hydrogens is 396 g/mol. The standard InChI is InChI=1S/C23H26N4O2S/c1-17-7-5-6-10-19(17)16-21(28)24-20(15-18-8-3-2-4-9-18)22-25-26-23(29-22)27-11-13-30-14-12-27/h2-10,20H,11-16H2,1H3,(H,24,28). The van der Waals surface area contributed by atoms with E-state index in [2.05, 4.69) is 20.4 Å². The summed E-state index contributed by atoms with van der Waals surface area (Å²) in [4.78, 5) is 14.9. The van der Waals surface area contributed by atoms with Gasteiger partial charge in [-0.15, -0.1) is 5.10 Å². The number of hydrogen-bond acceptors (Lipinski definition) is 6. The summed E-state index contributed by atoms with van der Waals surface area (Å²) in [6.07, 6.45) is 0.917. The minimum absolute atomic E-state index is 0.0562. The number of thioether (sulfide) groups is 1. The summed E-state index contributed by atoms with van der Waals surface area (Å²) in [5.41, 5.74) is 3.23. The first-order chi connectivity index (χ1) is 14.7. The summed E-state index contributed by atoms with van der Waals surface area (Å²) in [6, 6.07) is 18.2. The molecule has 0 aliphatic carbocycles. The van der Waals surface area contributed by atoms with Gasteiger partial charge in [-0.3, -0.25) is 4.79 Å². The van der Waals surface area contributed by atoms with Crippen molar-refractivity contribution in [1.82, 2.24) is 15.5 Å². The summed E-state index contributed by atoms with van der Waals surface area (Å²) in [5.74, 6) is 2.50. The Morgan fingerprint density at radius 1 is 1.10 bits per heavy atom. The molecule has 1 fully saturated rings. The number of nitrogens with one attached hydrogen (secondary N) is 1. The fourth-order valence-corrected chi connectivity index (χ4v) is 4.43. The van der Waals surface area contributed by atoms with Crippen LogP contribution in [0.5, 0.6) is 0 Å². The normalized spacial score (nSPS) is 15.0. The first kappa shape index (κ1) is 20.5. The Morgan fingerprint density at radius 2 is 1.83 bits per heavy atom. The zero-order valence-corrected chi connectivity index (χ0v) is 17.9. The maximum Gasteiger partial charge on any atom is 0.318 e. The van der Waals surface area contributed by atoms with Gasteiger partial charge in [-0.2, -0.15) is 11.8 Å². The molecule has 1 aliphatic heterocycles. The van der Waals surface area contributed by atoms with Crippen LogP contribution in [0.1, 0.15) is 28.6 Å². The Labute approximate surface area is 181 Å². The van der Waals surface area contributed by atoms with Gasteiger partial charge in [-0.1, -0.05) is 59.7 Å². The lowest BCUT2D eigenvalue weighted by atomic mass is 10.0. The molecule has 1 aromatic heterocycles. The van der Waals surface area contributed by atoms with E-state index < -0.39 is 0 Å². The fraction of sp³-hybridized carbons (Fsp3) is 0.348. The second-order valence-electron chi connectivity index (χ2n) is 7.44. The van der Waals surface area contributed by atoms with Crippen molar-refractivity contribution >= 4 is 23.7 Å². The molecule has 3 aromatic rings. The molecule has 4 rings (SSSR count).